The molecule has 86 valence electrons. The summed E-state index contributed by atoms with van der Waals surface area (Å²) in [6, 6.07) is 5.72. The maximum absolute atomic E-state index is 11.2. The maximum Gasteiger partial charge on any atom is 0.228 e. The predicted molar refractivity (Wildman–Crippen MR) is 63.6 cm³/mol. The van der Waals surface area contributed by atoms with Crippen LogP contribution in [0.4, 0.5) is 11.4 Å². The Labute approximate surface area is 94.7 Å². The molecule has 0 fully saturated rings. The van der Waals surface area contributed by atoms with Crippen LogP contribution in [0.1, 0.15) is 19.4 Å². The predicted octanol–water partition coefficient (Wildman–Crippen LogP) is 1.36. The summed E-state index contributed by atoms with van der Waals surface area (Å²) >= 11 is 0. The Morgan fingerprint density at radius 3 is 2.94 bits per heavy atom. The van der Waals surface area contributed by atoms with Crippen molar-refractivity contribution in [1.82, 2.24) is 0 Å². The van der Waals surface area contributed by atoms with Crippen molar-refractivity contribution in [1.29, 1.82) is 0 Å². The molecular weight excluding hydrogens is 204 g/mol. The molecule has 4 nitrogen and oxygen atoms in total. The monoisotopic (exact) mass is 220 g/mol. The van der Waals surface area contributed by atoms with Gasteiger partial charge in [0.15, 0.2) is 0 Å². The molecule has 16 heavy (non-hydrogen) atoms. The van der Waals surface area contributed by atoms with Crippen molar-refractivity contribution in [2.75, 3.05) is 17.2 Å². The quantitative estimate of drug-likeness (QED) is 0.721. The molecule has 1 aliphatic heterocycles. The van der Waals surface area contributed by atoms with Gasteiger partial charge in [0, 0.05) is 17.9 Å². The Hall–Kier alpha value is -1.55. The molecular formula is C12H16N2O2. The minimum atomic E-state index is -0.743. The van der Waals surface area contributed by atoms with Gasteiger partial charge in [0.2, 0.25) is 5.91 Å². The number of hydrogen-bond acceptors (Lipinski definition) is 3. The molecule has 0 aromatic heterocycles. The van der Waals surface area contributed by atoms with Crippen molar-refractivity contribution in [3.05, 3.63) is 23.8 Å². The van der Waals surface area contributed by atoms with Gasteiger partial charge in [0.1, 0.15) is 0 Å². The van der Waals surface area contributed by atoms with Gasteiger partial charge in [-0.2, -0.15) is 0 Å². The second-order valence-electron chi connectivity index (χ2n) is 4.76. The van der Waals surface area contributed by atoms with Crippen molar-refractivity contribution in [2.24, 2.45) is 0 Å². The van der Waals surface area contributed by atoms with Crippen molar-refractivity contribution in [2.45, 2.75) is 25.9 Å². The number of nitrogens with one attached hydrogen (secondary N) is 2. The van der Waals surface area contributed by atoms with Crippen LogP contribution in [-0.2, 0) is 11.2 Å². The first kappa shape index (κ1) is 11.0. The molecule has 0 saturated heterocycles. The van der Waals surface area contributed by atoms with E-state index in [1.54, 1.807) is 13.8 Å². The second kappa shape index (κ2) is 3.79. The summed E-state index contributed by atoms with van der Waals surface area (Å²) in [4.78, 5) is 11.2. The Balaban J connectivity index is 2.08. The summed E-state index contributed by atoms with van der Waals surface area (Å²) in [5.74, 6) is 0.0367. The fourth-order valence-electron chi connectivity index (χ4n) is 1.66. The third-order valence-corrected chi connectivity index (χ3v) is 2.46. The number of benzene rings is 1. The van der Waals surface area contributed by atoms with Crippen molar-refractivity contribution < 1.29 is 9.90 Å². The first-order valence-electron chi connectivity index (χ1n) is 5.33. The average molecular weight is 220 g/mol. The molecule has 2 rings (SSSR count). The zero-order chi connectivity index (χ0) is 11.8. The lowest BCUT2D eigenvalue weighted by Crippen LogP contribution is -2.29. The van der Waals surface area contributed by atoms with E-state index in [9.17, 15) is 9.90 Å². The molecule has 1 aromatic rings. The summed E-state index contributed by atoms with van der Waals surface area (Å²) in [7, 11) is 0. The van der Waals surface area contributed by atoms with Crippen molar-refractivity contribution in [3.63, 3.8) is 0 Å². The van der Waals surface area contributed by atoms with Crippen LogP contribution in [0.25, 0.3) is 0 Å². The van der Waals surface area contributed by atoms with Gasteiger partial charge in [-0.25, -0.2) is 0 Å². The van der Waals surface area contributed by atoms with Gasteiger partial charge in [-0.3, -0.25) is 4.79 Å². The first-order chi connectivity index (χ1) is 7.44. The Bertz CT molecular complexity index is 422. The Kier molecular flexibility index (Phi) is 2.59. The van der Waals surface area contributed by atoms with Crippen LogP contribution in [-0.4, -0.2) is 23.2 Å². The van der Waals surface area contributed by atoms with E-state index in [0.29, 0.717) is 13.0 Å². The number of aliphatic hydroxyl groups is 1. The van der Waals surface area contributed by atoms with Crippen LogP contribution in [0, 0.1) is 0 Å². The van der Waals surface area contributed by atoms with Gasteiger partial charge in [-0.05, 0) is 37.6 Å². The second-order valence-corrected chi connectivity index (χ2v) is 4.76. The fraction of sp³-hybridized carbons (Fsp3) is 0.417. The van der Waals surface area contributed by atoms with Crippen LogP contribution in [0.3, 0.4) is 0 Å². The van der Waals surface area contributed by atoms with Gasteiger partial charge in [-0.15, -0.1) is 0 Å². The van der Waals surface area contributed by atoms with Crippen LogP contribution in [0.15, 0.2) is 18.2 Å². The van der Waals surface area contributed by atoms with Gasteiger partial charge in [0.25, 0.3) is 0 Å². The first-order valence-corrected chi connectivity index (χ1v) is 5.33. The highest BCUT2D eigenvalue weighted by molar-refractivity contribution is 5.99. The van der Waals surface area contributed by atoms with Crippen molar-refractivity contribution in [3.8, 4) is 0 Å². The van der Waals surface area contributed by atoms with E-state index < -0.39 is 5.60 Å². The molecule has 1 amide bonds. The topological polar surface area (TPSA) is 61.4 Å². The van der Waals surface area contributed by atoms with E-state index >= 15 is 0 Å². The van der Waals surface area contributed by atoms with E-state index in [1.807, 2.05) is 18.2 Å². The van der Waals surface area contributed by atoms with E-state index in [-0.39, 0.29) is 5.91 Å². The van der Waals surface area contributed by atoms with Crippen molar-refractivity contribution >= 4 is 17.3 Å². The largest absolute Gasteiger partial charge is 0.389 e. The summed E-state index contributed by atoms with van der Waals surface area (Å²) in [5.41, 5.74) is 2.08. The van der Waals surface area contributed by atoms with Crippen LogP contribution in [0.5, 0.6) is 0 Å². The number of hydrogen-bond donors (Lipinski definition) is 3. The zero-order valence-corrected chi connectivity index (χ0v) is 9.50. The number of anilines is 2. The van der Waals surface area contributed by atoms with Gasteiger partial charge in [-0.1, -0.05) is 0 Å². The number of amides is 1. The van der Waals surface area contributed by atoms with E-state index in [0.717, 1.165) is 16.9 Å². The Morgan fingerprint density at radius 1 is 1.50 bits per heavy atom. The molecule has 1 aliphatic rings. The molecule has 0 unspecified atom stereocenters. The minimum absolute atomic E-state index is 0.0367. The average Bonchev–Trinajstić information content (AvgIpc) is 2.52. The highest BCUT2D eigenvalue weighted by atomic mass is 16.3. The normalized spacial score (nSPS) is 14.6. The maximum atomic E-state index is 11.2. The lowest BCUT2D eigenvalue weighted by atomic mass is 10.1. The smallest absolute Gasteiger partial charge is 0.228 e. The third kappa shape index (κ3) is 2.52. The molecule has 0 radical (unpaired) electrons. The highest BCUT2D eigenvalue weighted by Gasteiger charge is 2.18. The van der Waals surface area contributed by atoms with E-state index in [2.05, 4.69) is 10.6 Å². The lowest BCUT2D eigenvalue weighted by molar-refractivity contribution is -0.115. The minimum Gasteiger partial charge on any atom is -0.389 e. The number of carbonyl (C=O) groups is 1. The molecule has 0 bridgehead atoms. The van der Waals surface area contributed by atoms with Crippen LogP contribution in [0.2, 0.25) is 0 Å². The number of rotatable bonds is 3. The van der Waals surface area contributed by atoms with Crippen LogP contribution < -0.4 is 10.6 Å². The third-order valence-electron chi connectivity index (χ3n) is 2.46. The summed E-state index contributed by atoms with van der Waals surface area (Å²) in [6.07, 6.45) is 0.438. The SMILES string of the molecule is CC(C)(O)CNc1ccc2c(c1)CC(=O)N2. The fourth-order valence-corrected chi connectivity index (χ4v) is 1.66. The standard InChI is InChI=1S/C12H16N2O2/c1-12(2,16)7-13-9-3-4-10-8(5-9)6-11(15)14-10/h3-5,13,16H,6-7H2,1-2H3,(H,14,15). The summed E-state index contributed by atoms with van der Waals surface area (Å²) in [6.45, 7) is 3.98. The molecule has 1 heterocycles. The molecule has 3 N–H and O–H groups in total. The highest BCUT2D eigenvalue weighted by Crippen LogP contribution is 2.26. The zero-order valence-electron chi connectivity index (χ0n) is 9.50. The lowest BCUT2D eigenvalue weighted by Gasteiger charge is -2.18. The van der Waals surface area contributed by atoms with E-state index in [4.69, 9.17) is 0 Å². The van der Waals surface area contributed by atoms with Crippen LogP contribution >= 0.6 is 0 Å². The molecule has 4 heteroatoms. The number of fused-ring (bicyclic) bond motifs is 1. The molecule has 0 spiro atoms. The van der Waals surface area contributed by atoms with E-state index in [1.165, 1.54) is 0 Å². The van der Waals surface area contributed by atoms with Gasteiger partial charge < -0.3 is 15.7 Å². The summed E-state index contributed by atoms with van der Waals surface area (Å²) < 4.78 is 0. The molecule has 1 aromatic carbocycles. The molecule has 0 atom stereocenters. The number of carbonyl (C=O) groups excluding carboxylic acids is 1. The van der Waals surface area contributed by atoms with Gasteiger partial charge >= 0.3 is 0 Å². The molecule has 0 aliphatic carbocycles. The summed E-state index contributed by atoms with van der Waals surface area (Å²) in [5, 5.41) is 15.5. The Morgan fingerprint density at radius 2 is 2.25 bits per heavy atom. The molecule has 0 saturated carbocycles. The van der Waals surface area contributed by atoms with Gasteiger partial charge in [0.05, 0.1) is 12.0 Å².